The normalized spacial score (nSPS) is 14.2. The predicted octanol–water partition coefficient (Wildman–Crippen LogP) is 13.3. The summed E-state index contributed by atoms with van der Waals surface area (Å²) in [4.78, 5) is 35.0. The van der Waals surface area contributed by atoms with E-state index in [0.29, 0.717) is 12.8 Å². The number of esters is 2. The van der Waals surface area contributed by atoms with Gasteiger partial charge in [-0.25, -0.2) is 4.57 Å². The van der Waals surface area contributed by atoms with Crippen LogP contribution in [0.5, 0.6) is 0 Å². The molecule has 0 amide bonds. The molecule has 0 aromatic rings. The van der Waals surface area contributed by atoms with Crippen LogP contribution in [0.2, 0.25) is 0 Å². The molecule has 350 valence electrons. The molecule has 10 nitrogen and oxygen atoms in total. The molecule has 0 bridgehead atoms. The van der Waals surface area contributed by atoms with E-state index in [1.807, 2.05) is 12.2 Å². The Morgan fingerprint density at radius 1 is 0.517 bits per heavy atom. The summed E-state index contributed by atoms with van der Waals surface area (Å²) in [6.07, 6.45) is 49.8. The number of rotatable bonds is 45. The molecule has 0 rings (SSSR count). The third kappa shape index (κ3) is 44.0. The molecule has 0 spiro atoms. The summed E-state index contributed by atoms with van der Waals surface area (Å²) in [6.45, 7) is 2.20. The second-order valence-electron chi connectivity index (χ2n) is 16.1. The Morgan fingerprint density at radius 3 is 1.35 bits per heavy atom. The van der Waals surface area contributed by atoms with Crippen LogP contribution >= 0.6 is 7.82 Å². The maximum absolute atomic E-state index is 12.6. The van der Waals surface area contributed by atoms with Gasteiger partial charge in [0.1, 0.15) is 12.7 Å². The molecule has 0 saturated heterocycles. The zero-order valence-electron chi connectivity index (χ0n) is 38.2. The van der Waals surface area contributed by atoms with Crippen LogP contribution in [0.3, 0.4) is 0 Å². The third-order valence-electron chi connectivity index (χ3n) is 10.3. The first kappa shape index (κ1) is 57.9. The summed E-state index contributed by atoms with van der Waals surface area (Å²) in [5.41, 5.74) is 0. The van der Waals surface area contributed by atoms with Crippen LogP contribution in [0.25, 0.3) is 0 Å². The van der Waals surface area contributed by atoms with E-state index in [1.165, 1.54) is 128 Å². The van der Waals surface area contributed by atoms with Gasteiger partial charge in [-0.15, -0.1) is 0 Å². The number of carbonyl (C=O) groups is 2. The van der Waals surface area contributed by atoms with Crippen LogP contribution in [-0.4, -0.2) is 65.7 Å². The molecule has 3 atom stereocenters. The van der Waals surface area contributed by atoms with Crippen LogP contribution < -0.4 is 0 Å². The first-order valence-corrected chi connectivity index (χ1v) is 25.6. The number of aliphatic hydroxyl groups excluding tert-OH is 2. The number of ether oxygens (including phenoxy) is 2. The minimum absolute atomic E-state index is 0.0637. The van der Waals surface area contributed by atoms with Crippen molar-refractivity contribution < 1.29 is 47.8 Å². The first-order valence-electron chi connectivity index (χ1n) is 24.1. The molecular weight excluding hydrogens is 780 g/mol. The molecule has 60 heavy (non-hydrogen) atoms. The molecule has 0 heterocycles. The largest absolute Gasteiger partial charge is 0.472 e. The lowest BCUT2D eigenvalue weighted by Crippen LogP contribution is -2.29. The van der Waals surface area contributed by atoms with E-state index >= 15 is 0 Å². The molecule has 0 saturated carbocycles. The number of hydrogen-bond acceptors (Lipinski definition) is 9. The van der Waals surface area contributed by atoms with Gasteiger partial charge in [-0.1, -0.05) is 210 Å². The SMILES string of the molecule is CC/C=C\C/C=C\C/C=C\C/C=C\CCC(=O)OC(COC(=O)CCCCCCCCCCCCCCCCCCCCCCCCCC)COP(=O)(O)OCC(O)CO. The van der Waals surface area contributed by atoms with Gasteiger partial charge in [0.15, 0.2) is 6.10 Å². The Kier molecular flexibility index (Phi) is 43.4. The van der Waals surface area contributed by atoms with Gasteiger partial charge >= 0.3 is 19.8 Å². The van der Waals surface area contributed by atoms with Gasteiger partial charge in [0, 0.05) is 12.8 Å². The predicted molar refractivity (Wildman–Crippen MR) is 247 cm³/mol. The van der Waals surface area contributed by atoms with E-state index in [1.54, 1.807) is 0 Å². The highest BCUT2D eigenvalue weighted by Crippen LogP contribution is 2.43. The van der Waals surface area contributed by atoms with Crippen molar-refractivity contribution in [2.24, 2.45) is 0 Å². The maximum atomic E-state index is 12.6. The van der Waals surface area contributed by atoms with Gasteiger partial charge in [0.05, 0.1) is 19.8 Å². The third-order valence-corrected chi connectivity index (χ3v) is 11.2. The smallest absolute Gasteiger partial charge is 0.462 e. The van der Waals surface area contributed by atoms with Crippen LogP contribution in [0, 0.1) is 0 Å². The lowest BCUT2D eigenvalue weighted by Gasteiger charge is -2.20. The van der Waals surface area contributed by atoms with Crippen LogP contribution in [0.4, 0.5) is 0 Å². The number of aliphatic hydroxyl groups is 2. The lowest BCUT2D eigenvalue weighted by molar-refractivity contribution is -0.161. The number of phosphoric ester groups is 1. The lowest BCUT2D eigenvalue weighted by atomic mass is 10.0. The van der Waals surface area contributed by atoms with Crippen molar-refractivity contribution in [2.75, 3.05) is 26.4 Å². The second kappa shape index (κ2) is 45.0. The zero-order chi connectivity index (χ0) is 44.0. The number of hydrogen-bond donors (Lipinski definition) is 3. The maximum Gasteiger partial charge on any atom is 0.472 e. The average Bonchev–Trinajstić information content (AvgIpc) is 3.24. The Hall–Kier alpha value is -2.07. The molecule has 11 heteroatoms. The average molecular weight is 869 g/mol. The highest BCUT2D eigenvalue weighted by molar-refractivity contribution is 7.47. The van der Waals surface area contributed by atoms with Crippen molar-refractivity contribution in [3.8, 4) is 0 Å². The van der Waals surface area contributed by atoms with Gasteiger partial charge < -0.3 is 24.6 Å². The number of phosphoric acid groups is 1. The molecule has 0 radical (unpaired) electrons. The van der Waals surface area contributed by atoms with Gasteiger partial charge in [-0.05, 0) is 38.5 Å². The molecule has 3 unspecified atom stereocenters. The van der Waals surface area contributed by atoms with Gasteiger partial charge in [-0.2, -0.15) is 0 Å². The Balaban J connectivity index is 4.15. The van der Waals surface area contributed by atoms with Crippen molar-refractivity contribution in [1.29, 1.82) is 0 Å². The fraction of sp³-hybridized carbons (Fsp3) is 0.796. The van der Waals surface area contributed by atoms with Crippen LogP contribution in [-0.2, 0) is 32.7 Å². The number of carbonyl (C=O) groups excluding carboxylic acids is 2. The van der Waals surface area contributed by atoms with Crippen molar-refractivity contribution in [3.05, 3.63) is 48.6 Å². The molecular formula is C49H89O10P. The van der Waals surface area contributed by atoms with Crippen LogP contribution in [0.1, 0.15) is 213 Å². The topological polar surface area (TPSA) is 149 Å². The highest BCUT2D eigenvalue weighted by Gasteiger charge is 2.27. The van der Waals surface area contributed by atoms with Gasteiger partial charge in [0.25, 0.3) is 0 Å². The highest BCUT2D eigenvalue weighted by atomic mass is 31.2. The molecule has 0 aliphatic carbocycles. The van der Waals surface area contributed by atoms with Crippen molar-refractivity contribution in [3.63, 3.8) is 0 Å². The summed E-state index contributed by atoms with van der Waals surface area (Å²) in [6, 6.07) is 0. The Labute approximate surface area is 366 Å². The van der Waals surface area contributed by atoms with Gasteiger partial charge in [0.2, 0.25) is 0 Å². The number of allylic oxidation sites excluding steroid dienone is 8. The quantitative estimate of drug-likeness (QED) is 0.0234. The summed E-state index contributed by atoms with van der Waals surface area (Å²) in [5.74, 6) is -1.01. The molecule has 0 aliphatic heterocycles. The molecule has 0 fully saturated rings. The second-order valence-corrected chi connectivity index (χ2v) is 17.6. The van der Waals surface area contributed by atoms with E-state index in [9.17, 15) is 24.2 Å². The number of unbranched alkanes of at least 4 members (excludes halogenated alkanes) is 23. The minimum Gasteiger partial charge on any atom is -0.462 e. The summed E-state index contributed by atoms with van der Waals surface area (Å²) in [7, 11) is -4.64. The fourth-order valence-electron chi connectivity index (χ4n) is 6.60. The van der Waals surface area contributed by atoms with Crippen molar-refractivity contribution in [2.45, 2.75) is 225 Å². The van der Waals surface area contributed by atoms with E-state index in [-0.39, 0.29) is 19.4 Å². The van der Waals surface area contributed by atoms with Crippen LogP contribution in [0.15, 0.2) is 48.6 Å². The summed E-state index contributed by atoms with van der Waals surface area (Å²) >= 11 is 0. The summed E-state index contributed by atoms with van der Waals surface area (Å²) in [5, 5.41) is 18.3. The van der Waals surface area contributed by atoms with E-state index in [4.69, 9.17) is 19.1 Å². The van der Waals surface area contributed by atoms with E-state index in [2.05, 4.69) is 54.8 Å². The first-order chi connectivity index (χ1) is 29.2. The molecule has 0 aromatic heterocycles. The van der Waals surface area contributed by atoms with E-state index < -0.39 is 51.8 Å². The molecule has 0 aliphatic rings. The standard InChI is InChI=1S/C49H89O10P/c1-3-5-7-9-11-13-15-17-18-19-20-21-22-23-24-25-26-27-29-30-32-34-36-38-40-48(52)56-44-47(45-58-60(54,55)57-43-46(51)42-50)59-49(53)41-39-37-35-33-31-28-16-14-12-10-8-6-4-2/h6,8,12,14,28,31,35,37,46-47,50-51H,3-5,7,9-11,13,15-27,29-30,32-34,36,38-45H2,1-2H3,(H,54,55)/b8-6-,14-12-,31-28-,37-35-. The van der Waals surface area contributed by atoms with E-state index in [0.717, 1.165) is 44.9 Å². The van der Waals surface area contributed by atoms with Crippen molar-refractivity contribution >= 4 is 19.8 Å². The molecule has 3 N–H and O–H groups in total. The Bertz CT molecular complexity index is 1140. The summed E-state index contributed by atoms with van der Waals surface area (Å²) < 4.78 is 32.7. The molecule has 0 aromatic carbocycles. The monoisotopic (exact) mass is 869 g/mol. The van der Waals surface area contributed by atoms with Gasteiger partial charge in [-0.3, -0.25) is 18.6 Å². The minimum atomic E-state index is -4.64. The Morgan fingerprint density at radius 2 is 0.917 bits per heavy atom. The fourth-order valence-corrected chi connectivity index (χ4v) is 7.39. The van der Waals surface area contributed by atoms with Crippen molar-refractivity contribution in [1.82, 2.24) is 0 Å². The zero-order valence-corrected chi connectivity index (χ0v) is 39.1.